The Morgan fingerprint density at radius 3 is 2.76 bits per heavy atom. The van der Waals surface area contributed by atoms with Crippen molar-refractivity contribution >= 4 is 17.3 Å². The number of nitrogens with two attached hydrogens (primary N) is 1. The van der Waals surface area contributed by atoms with Crippen molar-refractivity contribution in [3.05, 3.63) is 17.2 Å². The summed E-state index contributed by atoms with van der Waals surface area (Å²) in [6.45, 7) is 6.15. The molecule has 1 aliphatic heterocycles. The van der Waals surface area contributed by atoms with Crippen LogP contribution in [0.25, 0.3) is 0 Å². The normalized spacial score (nSPS) is 19.6. The van der Waals surface area contributed by atoms with Gasteiger partial charge in [0.25, 0.3) is 0 Å². The minimum atomic E-state index is -0.132. The third-order valence-electron chi connectivity index (χ3n) is 3.30. The molecular formula is C13H18N2O2. The molecule has 1 unspecified atom stereocenters. The van der Waals surface area contributed by atoms with Crippen molar-refractivity contribution in [1.29, 1.82) is 0 Å². The van der Waals surface area contributed by atoms with Crippen LogP contribution in [0, 0.1) is 19.8 Å². The Kier molecular flexibility index (Phi) is 2.73. The molecule has 2 rings (SSSR count). The van der Waals surface area contributed by atoms with Gasteiger partial charge in [0.1, 0.15) is 5.75 Å². The topological polar surface area (TPSA) is 55.6 Å². The maximum Gasteiger partial charge on any atom is 0.233 e. The van der Waals surface area contributed by atoms with Crippen LogP contribution in [0.2, 0.25) is 0 Å². The van der Waals surface area contributed by atoms with Gasteiger partial charge < -0.3 is 15.4 Å². The summed E-state index contributed by atoms with van der Waals surface area (Å²) < 4.78 is 5.75. The summed E-state index contributed by atoms with van der Waals surface area (Å²) in [7, 11) is 1.78. The number of hydrogen-bond donors (Lipinski definition) is 1. The summed E-state index contributed by atoms with van der Waals surface area (Å²) in [6, 6.07) is 1.89. The Hall–Kier alpha value is -1.71. The molecule has 1 atom stereocenters. The van der Waals surface area contributed by atoms with E-state index in [0.717, 1.165) is 22.6 Å². The predicted octanol–water partition coefficient (Wildman–Crippen LogP) is 1.88. The number of ether oxygens (including phenoxy) is 1. The number of anilines is 2. The predicted molar refractivity (Wildman–Crippen MR) is 68.4 cm³/mol. The average Bonchev–Trinajstić information content (AvgIpc) is 2.39. The van der Waals surface area contributed by atoms with Crippen LogP contribution in [-0.2, 0) is 4.79 Å². The van der Waals surface area contributed by atoms with Gasteiger partial charge in [0.05, 0.1) is 18.2 Å². The van der Waals surface area contributed by atoms with E-state index in [1.54, 1.807) is 11.9 Å². The summed E-state index contributed by atoms with van der Waals surface area (Å²) >= 11 is 0. The fourth-order valence-electron chi connectivity index (χ4n) is 2.21. The number of hydrogen-bond acceptors (Lipinski definition) is 3. The zero-order chi connectivity index (χ0) is 12.7. The Morgan fingerprint density at radius 2 is 2.12 bits per heavy atom. The molecule has 0 bridgehead atoms. The Balaban J connectivity index is 2.67. The van der Waals surface area contributed by atoms with E-state index in [9.17, 15) is 4.79 Å². The molecule has 0 saturated heterocycles. The molecule has 0 saturated carbocycles. The van der Waals surface area contributed by atoms with Gasteiger partial charge in [0, 0.05) is 12.7 Å². The monoisotopic (exact) mass is 234 g/mol. The molecule has 1 aromatic carbocycles. The zero-order valence-electron chi connectivity index (χ0n) is 10.7. The van der Waals surface area contributed by atoms with Crippen LogP contribution in [-0.4, -0.2) is 19.6 Å². The molecule has 0 aromatic heterocycles. The van der Waals surface area contributed by atoms with Crippen molar-refractivity contribution in [3.63, 3.8) is 0 Å². The molecule has 4 nitrogen and oxygen atoms in total. The number of nitrogens with zero attached hydrogens (tertiary/aromatic N) is 1. The molecule has 4 heteroatoms. The molecule has 1 aliphatic rings. The van der Waals surface area contributed by atoms with E-state index in [1.807, 2.05) is 26.8 Å². The number of amides is 1. The van der Waals surface area contributed by atoms with E-state index in [-0.39, 0.29) is 11.8 Å². The number of nitrogen functional groups attached to an aromatic ring is 1. The van der Waals surface area contributed by atoms with Gasteiger partial charge >= 0.3 is 0 Å². The van der Waals surface area contributed by atoms with Gasteiger partial charge in [-0.05, 0) is 31.0 Å². The lowest BCUT2D eigenvalue weighted by Gasteiger charge is -2.22. The maximum atomic E-state index is 12.1. The lowest BCUT2D eigenvalue weighted by Crippen LogP contribution is -2.32. The third-order valence-corrected chi connectivity index (χ3v) is 3.30. The van der Waals surface area contributed by atoms with Crippen LogP contribution in [0.4, 0.5) is 11.4 Å². The molecule has 0 fully saturated rings. The highest BCUT2D eigenvalue weighted by Gasteiger charge is 2.28. The Labute approximate surface area is 101 Å². The molecule has 92 valence electrons. The van der Waals surface area contributed by atoms with E-state index >= 15 is 0 Å². The molecule has 0 aliphatic carbocycles. The van der Waals surface area contributed by atoms with Crippen molar-refractivity contribution in [2.45, 2.75) is 20.8 Å². The quantitative estimate of drug-likeness (QED) is 0.697. The SMILES string of the molecule is Cc1cc(N)c(C)c2c1OCC(C)C(=O)N2C. The van der Waals surface area contributed by atoms with Gasteiger partial charge in [-0.3, -0.25) is 4.79 Å². The van der Waals surface area contributed by atoms with Gasteiger partial charge in [-0.1, -0.05) is 6.92 Å². The second-order valence-corrected chi connectivity index (χ2v) is 4.69. The van der Waals surface area contributed by atoms with Crippen LogP contribution in [0.3, 0.4) is 0 Å². The second kappa shape index (κ2) is 3.95. The highest BCUT2D eigenvalue weighted by atomic mass is 16.5. The zero-order valence-corrected chi connectivity index (χ0v) is 10.7. The van der Waals surface area contributed by atoms with Gasteiger partial charge in [-0.25, -0.2) is 0 Å². The highest BCUT2D eigenvalue weighted by Crippen LogP contribution is 2.40. The van der Waals surface area contributed by atoms with Crippen molar-refractivity contribution in [1.82, 2.24) is 0 Å². The Bertz CT molecular complexity index is 483. The molecule has 1 heterocycles. The molecule has 0 radical (unpaired) electrons. The summed E-state index contributed by atoms with van der Waals surface area (Å²) in [4.78, 5) is 13.7. The van der Waals surface area contributed by atoms with E-state index in [1.165, 1.54) is 0 Å². The van der Waals surface area contributed by atoms with E-state index < -0.39 is 0 Å². The summed E-state index contributed by atoms with van der Waals surface area (Å²) in [6.07, 6.45) is 0. The first-order valence-corrected chi connectivity index (χ1v) is 5.73. The summed E-state index contributed by atoms with van der Waals surface area (Å²) in [5.74, 6) is 0.709. The average molecular weight is 234 g/mol. The molecular weight excluding hydrogens is 216 g/mol. The van der Waals surface area contributed by atoms with E-state index in [4.69, 9.17) is 10.5 Å². The first kappa shape index (κ1) is 11.8. The van der Waals surface area contributed by atoms with Crippen molar-refractivity contribution in [2.24, 2.45) is 5.92 Å². The van der Waals surface area contributed by atoms with E-state index in [0.29, 0.717) is 12.3 Å². The van der Waals surface area contributed by atoms with Crippen molar-refractivity contribution in [2.75, 3.05) is 24.3 Å². The number of aryl methyl sites for hydroxylation is 1. The molecule has 1 aromatic rings. The number of carbonyl (C=O) groups is 1. The smallest absolute Gasteiger partial charge is 0.233 e. The molecule has 2 N–H and O–H groups in total. The second-order valence-electron chi connectivity index (χ2n) is 4.69. The van der Waals surface area contributed by atoms with Gasteiger partial charge in [-0.2, -0.15) is 0 Å². The summed E-state index contributed by atoms with van der Waals surface area (Å²) in [5, 5.41) is 0. The van der Waals surface area contributed by atoms with Gasteiger partial charge in [0.15, 0.2) is 0 Å². The molecule has 1 amide bonds. The van der Waals surface area contributed by atoms with Crippen LogP contribution in [0.1, 0.15) is 18.1 Å². The van der Waals surface area contributed by atoms with Crippen molar-refractivity contribution in [3.8, 4) is 5.75 Å². The largest absolute Gasteiger partial charge is 0.490 e. The van der Waals surface area contributed by atoms with Crippen LogP contribution >= 0.6 is 0 Å². The fraction of sp³-hybridized carbons (Fsp3) is 0.462. The number of benzene rings is 1. The van der Waals surface area contributed by atoms with Gasteiger partial charge in [-0.15, -0.1) is 0 Å². The lowest BCUT2D eigenvalue weighted by molar-refractivity contribution is -0.122. The molecule has 17 heavy (non-hydrogen) atoms. The standard InChI is InChI=1S/C13H18N2O2/c1-7-5-10(14)9(3)11-12(7)17-6-8(2)13(16)15(11)4/h5,8H,6,14H2,1-4H3. The number of fused-ring (bicyclic) bond motifs is 1. The minimum absolute atomic E-state index is 0.0665. The number of rotatable bonds is 0. The highest BCUT2D eigenvalue weighted by molar-refractivity contribution is 5.98. The lowest BCUT2D eigenvalue weighted by atomic mass is 10.1. The Morgan fingerprint density at radius 1 is 1.47 bits per heavy atom. The van der Waals surface area contributed by atoms with E-state index in [2.05, 4.69) is 0 Å². The summed E-state index contributed by atoms with van der Waals surface area (Å²) in [5.41, 5.74) is 9.31. The fourth-order valence-corrected chi connectivity index (χ4v) is 2.21. The first-order chi connectivity index (χ1) is 7.93. The first-order valence-electron chi connectivity index (χ1n) is 5.73. The molecule has 0 spiro atoms. The maximum absolute atomic E-state index is 12.1. The van der Waals surface area contributed by atoms with Gasteiger partial charge in [0.2, 0.25) is 5.91 Å². The minimum Gasteiger partial charge on any atom is -0.490 e. The number of carbonyl (C=O) groups excluding carboxylic acids is 1. The van der Waals surface area contributed by atoms with Crippen LogP contribution < -0.4 is 15.4 Å². The van der Waals surface area contributed by atoms with Crippen LogP contribution in [0.5, 0.6) is 5.75 Å². The van der Waals surface area contributed by atoms with Crippen molar-refractivity contribution < 1.29 is 9.53 Å². The third kappa shape index (κ3) is 1.73. The van der Waals surface area contributed by atoms with Crippen LogP contribution in [0.15, 0.2) is 6.07 Å².